The molecule has 4 rings (SSSR count). The molecule has 0 aromatic heterocycles. The number of hydrogen-bond donors (Lipinski definition) is 1. The highest BCUT2D eigenvalue weighted by molar-refractivity contribution is 6.51. The van der Waals surface area contributed by atoms with Gasteiger partial charge >= 0.3 is 0 Å². The largest absolute Gasteiger partial charge is 0.507 e. The number of benzene rings is 3. The number of methoxy groups -OCH3 is 1. The molecule has 3 aromatic rings. The number of hydrogen-bond acceptors (Lipinski definition) is 4. The number of amides is 1. The van der Waals surface area contributed by atoms with E-state index in [1.54, 1.807) is 54.6 Å². The van der Waals surface area contributed by atoms with Gasteiger partial charge in [0.05, 0.1) is 18.7 Å². The summed E-state index contributed by atoms with van der Waals surface area (Å²) in [6, 6.07) is 19.8. The van der Waals surface area contributed by atoms with Crippen molar-refractivity contribution in [3.05, 3.63) is 101 Å². The molecule has 1 atom stereocenters. The zero-order valence-corrected chi connectivity index (χ0v) is 16.1. The monoisotopic (exact) mass is 403 g/mol. The van der Waals surface area contributed by atoms with Crippen LogP contribution < -0.4 is 9.64 Å². The maximum absolute atomic E-state index is 13.5. The van der Waals surface area contributed by atoms with Gasteiger partial charge in [0.2, 0.25) is 0 Å². The molecule has 3 aromatic carbocycles. The van der Waals surface area contributed by atoms with E-state index in [9.17, 15) is 19.1 Å². The molecule has 1 aliphatic heterocycles. The Morgan fingerprint density at radius 3 is 2.33 bits per heavy atom. The first-order chi connectivity index (χ1) is 14.5. The standard InChI is InChI=1S/C24H18FNO4/c1-30-19-9-5-8-18(14-19)26-21(15-10-12-17(25)13-11-15)20(23(28)24(26)29)22(27)16-6-3-2-4-7-16/h2-14,21,27H,1H3/t21-/m1/s1. The number of carbonyl (C=O) groups is 2. The molecule has 0 bridgehead atoms. The third-order valence-electron chi connectivity index (χ3n) is 5.01. The molecule has 150 valence electrons. The third-order valence-corrected chi connectivity index (χ3v) is 5.01. The summed E-state index contributed by atoms with van der Waals surface area (Å²) < 4.78 is 18.8. The number of halogens is 1. The van der Waals surface area contributed by atoms with E-state index in [4.69, 9.17) is 4.74 Å². The van der Waals surface area contributed by atoms with Crippen molar-refractivity contribution in [3.63, 3.8) is 0 Å². The van der Waals surface area contributed by atoms with Gasteiger partial charge in [-0.05, 0) is 29.8 Å². The molecular weight excluding hydrogens is 385 g/mol. The fraction of sp³-hybridized carbons (Fsp3) is 0.0833. The molecule has 0 unspecified atom stereocenters. The number of carbonyl (C=O) groups excluding carboxylic acids is 2. The van der Waals surface area contributed by atoms with Crippen LogP contribution in [0.4, 0.5) is 10.1 Å². The highest BCUT2D eigenvalue weighted by Crippen LogP contribution is 2.42. The molecule has 1 saturated heterocycles. The van der Waals surface area contributed by atoms with Crippen LogP contribution in [-0.2, 0) is 9.59 Å². The van der Waals surface area contributed by atoms with E-state index in [-0.39, 0.29) is 11.3 Å². The van der Waals surface area contributed by atoms with E-state index >= 15 is 0 Å². The van der Waals surface area contributed by atoms with Crippen molar-refractivity contribution in [2.45, 2.75) is 6.04 Å². The van der Waals surface area contributed by atoms with Crippen LogP contribution in [0.2, 0.25) is 0 Å². The van der Waals surface area contributed by atoms with Crippen molar-refractivity contribution in [2.24, 2.45) is 0 Å². The summed E-state index contributed by atoms with van der Waals surface area (Å²) in [6.07, 6.45) is 0. The van der Waals surface area contributed by atoms with Gasteiger partial charge in [-0.15, -0.1) is 0 Å². The lowest BCUT2D eigenvalue weighted by Gasteiger charge is -2.25. The second-order valence-corrected chi connectivity index (χ2v) is 6.79. The summed E-state index contributed by atoms with van der Waals surface area (Å²) >= 11 is 0. The molecule has 1 amide bonds. The Balaban J connectivity index is 1.94. The maximum Gasteiger partial charge on any atom is 0.300 e. The second kappa shape index (κ2) is 7.83. The molecule has 1 heterocycles. The van der Waals surface area contributed by atoms with Crippen LogP contribution in [0.25, 0.3) is 5.76 Å². The van der Waals surface area contributed by atoms with E-state index in [2.05, 4.69) is 0 Å². The minimum absolute atomic E-state index is 0.0550. The third kappa shape index (κ3) is 3.33. The summed E-state index contributed by atoms with van der Waals surface area (Å²) in [6.45, 7) is 0. The fourth-order valence-electron chi connectivity index (χ4n) is 3.57. The lowest BCUT2D eigenvalue weighted by atomic mass is 9.95. The van der Waals surface area contributed by atoms with E-state index in [1.807, 2.05) is 0 Å². The van der Waals surface area contributed by atoms with Gasteiger partial charge in [-0.2, -0.15) is 0 Å². The minimum Gasteiger partial charge on any atom is -0.507 e. The minimum atomic E-state index is -0.919. The lowest BCUT2D eigenvalue weighted by Crippen LogP contribution is -2.29. The topological polar surface area (TPSA) is 66.8 Å². The van der Waals surface area contributed by atoms with Gasteiger partial charge in [-0.1, -0.05) is 48.5 Å². The first kappa shape index (κ1) is 19.4. The molecule has 0 saturated carbocycles. The van der Waals surface area contributed by atoms with Gasteiger partial charge in [-0.25, -0.2) is 4.39 Å². The summed E-state index contributed by atoms with van der Waals surface area (Å²) in [5.41, 5.74) is 1.28. The number of nitrogens with zero attached hydrogens (tertiary/aromatic N) is 1. The molecular formula is C24H18FNO4. The Morgan fingerprint density at radius 2 is 1.67 bits per heavy atom. The van der Waals surface area contributed by atoms with Crippen molar-refractivity contribution in [1.29, 1.82) is 0 Å². The first-order valence-corrected chi connectivity index (χ1v) is 9.27. The number of aliphatic hydroxyl groups excluding tert-OH is 1. The Labute approximate surface area is 172 Å². The average molecular weight is 403 g/mol. The van der Waals surface area contributed by atoms with E-state index < -0.39 is 23.5 Å². The molecule has 30 heavy (non-hydrogen) atoms. The quantitative estimate of drug-likeness (QED) is 0.397. The molecule has 0 aliphatic carbocycles. The van der Waals surface area contributed by atoms with Crippen molar-refractivity contribution < 1.29 is 23.8 Å². The molecule has 1 N–H and O–H groups in total. The predicted octanol–water partition coefficient (Wildman–Crippen LogP) is 4.46. The van der Waals surface area contributed by atoms with Gasteiger partial charge in [-0.3, -0.25) is 14.5 Å². The predicted molar refractivity (Wildman–Crippen MR) is 111 cm³/mol. The smallest absolute Gasteiger partial charge is 0.300 e. The van der Waals surface area contributed by atoms with Crippen molar-refractivity contribution in [1.82, 2.24) is 0 Å². The number of Topliss-reactive ketones (excluding diaryl/α,β-unsaturated/α-hetero) is 1. The summed E-state index contributed by atoms with van der Waals surface area (Å²) in [7, 11) is 1.50. The van der Waals surface area contributed by atoms with Crippen LogP contribution in [0.3, 0.4) is 0 Å². The highest BCUT2D eigenvalue weighted by atomic mass is 19.1. The van der Waals surface area contributed by atoms with Crippen LogP contribution in [-0.4, -0.2) is 23.9 Å². The molecule has 1 fully saturated rings. The normalized spacial score (nSPS) is 17.9. The van der Waals surface area contributed by atoms with E-state index in [0.717, 1.165) is 0 Å². The van der Waals surface area contributed by atoms with Gasteiger partial charge in [0, 0.05) is 17.3 Å². The Kier molecular flexibility index (Phi) is 5.06. The zero-order chi connectivity index (χ0) is 21.3. The van der Waals surface area contributed by atoms with Crippen LogP contribution in [0, 0.1) is 5.82 Å². The Hall–Kier alpha value is -3.93. The molecule has 1 aliphatic rings. The van der Waals surface area contributed by atoms with Gasteiger partial charge in [0.1, 0.15) is 17.3 Å². The highest BCUT2D eigenvalue weighted by Gasteiger charge is 2.47. The molecule has 0 radical (unpaired) electrons. The first-order valence-electron chi connectivity index (χ1n) is 9.27. The van der Waals surface area contributed by atoms with Gasteiger partial charge in [0.15, 0.2) is 0 Å². The van der Waals surface area contributed by atoms with Gasteiger partial charge in [0.25, 0.3) is 11.7 Å². The summed E-state index contributed by atoms with van der Waals surface area (Å²) in [5, 5.41) is 10.9. The van der Waals surface area contributed by atoms with Crippen LogP contribution in [0.5, 0.6) is 5.75 Å². The van der Waals surface area contributed by atoms with E-state index in [0.29, 0.717) is 22.6 Å². The van der Waals surface area contributed by atoms with Gasteiger partial charge < -0.3 is 9.84 Å². The number of ether oxygens (including phenoxy) is 1. The maximum atomic E-state index is 13.5. The van der Waals surface area contributed by atoms with Crippen LogP contribution in [0.15, 0.2) is 84.4 Å². The average Bonchev–Trinajstić information content (AvgIpc) is 3.05. The molecule has 0 spiro atoms. The van der Waals surface area contributed by atoms with Crippen LogP contribution >= 0.6 is 0 Å². The number of ketones is 1. The lowest BCUT2D eigenvalue weighted by molar-refractivity contribution is -0.132. The van der Waals surface area contributed by atoms with Crippen molar-refractivity contribution in [2.75, 3.05) is 12.0 Å². The second-order valence-electron chi connectivity index (χ2n) is 6.79. The zero-order valence-electron chi connectivity index (χ0n) is 16.1. The SMILES string of the molecule is COc1cccc(N2C(=O)C(=O)C(=C(O)c3ccccc3)[C@H]2c2ccc(F)cc2)c1. The molecule has 6 heteroatoms. The number of rotatable bonds is 4. The number of anilines is 1. The van der Waals surface area contributed by atoms with Crippen LogP contribution in [0.1, 0.15) is 17.2 Å². The Morgan fingerprint density at radius 1 is 0.967 bits per heavy atom. The van der Waals surface area contributed by atoms with Crippen molar-refractivity contribution >= 4 is 23.1 Å². The fourth-order valence-corrected chi connectivity index (χ4v) is 3.57. The molecule has 5 nitrogen and oxygen atoms in total. The van der Waals surface area contributed by atoms with Crippen molar-refractivity contribution in [3.8, 4) is 5.75 Å². The Bertz CT molecular complexity index is 1140. The summed E-state index contributed by atoms with van der Waals surface area (Å²) in [5.74, 6) is -1.81. The number of aliphatic hydroxyl groups is 1. The summed E-state index contributed by atoms with van der Waals surface area (Å²) in [4.78, 5) is 27.3. The van der Waals surface area contributed by atoms with E-state index in [1.165, 1.54) is 36.3 Å².